The van der Waals surface area contributed by atoms with Crippen LogP contribution in [-0.4, -0.2) is 49.2 Å². The summed E-state index contributed by atoms with van der Waals surface area (Å²) in [6.45, 7) is 9.36. The van der Waals surface area contributed by atoms with Crippen molar-refractivity contribution in [2.24, 2.45) is 5.41 Å². The van der Waals surface area contributed by atoms with Gasteiger partial charge in [0.25, 0.3) is 5.69 Å². The van der Waals surface area contributed by atoms with Crippen molar-refractivity contribution in [1.29, 1.82) is 0 Å². The lowest BCUT2D eigenvalue weighted by molar-refractivity contribution is -0.384. The first kappa shape index (κ1) is 31.6. The summed E-state index contributed by atoms with van der Waals surface area (Å²) in [4.78, 5) is 26.9. The molecule has 0 saturated carbocycles. The number of hydrogen-bond donors (Lipinski definition) is 1. The lowest BCUT2D eigenvalue weighted by atomic mass is 9.84. The highest BCUT2D eigenvalue weighted by molar-refractivity contribution is 7.58. The predicted octanol–water partition coefficient (Wildman–Crippen LogP) is 6.51. The van der Waals surface area contributed by atoms with Crippen LogP contribution < -0.4 is 5.32 Å². The van der Waals surface area contributed by atoms with Crippen LogP contribution in [0, 0.1) is 15.5 Å². The quantitative estimate of drug-likeness (QED) is 0.134. The smallest absolute Gasteiger partial charge is 0.360 e. The molecule has 0 aliphatic carbocycles. The first-order valence-electron chi connectivity index (χ1n) is 14.2. The number of carbonyl (C=O) groups excluding carboxylic acids is 1. The summed E-state index contributed by atoms with van der Waals surface area (Å²) in [5.41, 5.74) is 2.41. The molecule has 0 bridgehead atoms. The Morgan fingerprint density at radius 1 is 1.10 bits per heavy atom. The fourth-order valence-electron chi connectivity index (χ4n) is 5.43. The molecule has 0 amide bonds. The van der Waals surface area contributed by atoms with E-state index < -0.39 is 24.4 Å². The summed E-state index contributed by atoms with van der Waals surface area (Å²) >= 11 is 0. The predicted molar refractivity (Wildman–Crippen MR) is 161 cm³/mol. The molecular formula is C31H40N3O7P. The Labute approximate surface area is 247 Å². The number of hydrogen-bond acceptors (Lipinski definition) is 9. The van der Waals surface area contributed by atoms with Crippen molar-refractivity contribution in [3.63, 3.8) is 0 Å². The van der Waals surface area contributed by atoms with Gasteiger partial charge in [-0.25, -0.2) is 4.79 Å². The van der Waals surface area contributed by atoms with Crippen molar-refractivity contribution in [1.82, 2.24) is 10.2 Å². The molecule has 1 N–H and O–H groups in total. The molecule has 0 radical (unpaired) electrons. The van der Waals surface area contributed by atoms with Gasteiger partial charge in [-0.1, -0.05) is 56.3 Å². The fraction of sp³-hybridized carbons (Fsp3) is 0.452. The van der Waals surface area contributed by atoms with Crippen LogP contribution in [0.25, 0.3) is 0 Å². The highest BCUT2D eigenvalue weighted by Crippen LogP contribution is 2.67. The second-order valence-electron chi connectivity index (χ2n) is 11.1. The topological polar surface area (TPSA) is 120 Å². The van der Waals surface area contributed by atoms with Gasteiger partial charge in [-0.05, 0) is 44.9 Å². The zero-order valence-corrected chi connectivity index (χ0v) is 25.8. The Balaban J connectivity index is 1.64. The molecule has 1 saturated heterocycles. The van der Waals surface area contributed by atoms with Gasteiger partial charge in [0, 0.05) is 42.0 Å². The molecular weight excluding hydrogens is 557 g/mol. The number of ether oxygens (including phenoxy) is 1. The third-order valence-corrected chi connectivity index (χ3v) is 10.4. The van der Waals surface area contributed by atoms with Gasteiger partial charge in [0.05, 0.1) is 34.9 Å². The molecule has 0 spiro atoms. The molecule has 0 aromatic heterocycles. The van der Waals surface area contributed by atoms with Crippen LogP contribution in [0.3, 0.4) is 0 Å². The van der Waals surface area contributed by atoms with Crippen molar-refractivity contribution >= 4 is 19.3 Å². The fourth-order valence-corrected chi connectivity index (χ4v) is 7.73. The normalized spacial score (nSPS) is 19.9. The van der Waals surface area contributed by atoms with Gasteiger partial charge < -0.3 is 19.1 Å². The van der Waals surface area contributed by atoms with Crippen molar-refractivity contribution in [3.8, 4) is 0 Å². The number of nitro groups is 1. The van der Waals surface area contributed by atoms with E-state index in [1.54, 1.807) is 26.0 Å². The van der Waals surface area contributed by atoms with Gasteiger partial charge >= 0.3 is 13.6 Å². The van der Waals surface area contributed by atoms with Crippen molar-refractivity contribution in [3.05, 3.63) is 98.1 Å². The summed E-state index contributed by atoms with van der Waals surface area (Å²) in [6, 6.07) is 16.0. The van der Waals surface area contributed by atoms with Crippen LogP contribution >= 0.6 is 7.60 Å². The maximum absolute atomic E-state index is 14.4. The van der Waals surface area contributed by atoms with Gasteiger partial charge in [0.2, 0.25) is 0 Å². The van der Waals surface area contributed by atoms with E-state index in [4.69, 9.17) is 13.8 Å². The summed E-state index contributed by atoms with van der Waals surface area (Å²) in [7, 11) is -1.95. The third kappa shape index (κ3) is 6.84. The first-order chi connectivity index (χ1) is 20.0. The maximum atomic E-state index is 14.4. The number of benzene rings is 2. The molecule has 11 heteroatoms. The first-order valence-corrected chi connectivity index (χ1v) is 15.8. The summed E-state index contributed by atoms with van der Waals surface area (Å²) < 4.78 is 32.3. The number of allylic oxidation sites excluding steroid dienone is 3. The summed E-state index contributed by atoms with van der Waals surface area (Å²) in [5, 5.41) is 15.1. The van der Waals surface area contributed by atoms with Crippen molar-refractivity contribution in [2.45, 2.75) is 53.0 Å². The number of likely N-dealkylation sites (N-methyl/N-ethyl adjacent to an activating group) is 1. The Bertz CT molecular complexity index is 1400. The van der Waals surface area contributed by atoms with Crippen molar-refractivity contribution < 1.29 is 28.1 Å². The van der Waals surface area contributed by atoms with E-state index in [0.717, 1.165) is 18.4 Å². The highest BCUT2D eigenvalue weighted by atomic mass is 31.2. The van der Waals surface area contributed by atoms with Crippen molar-refractivity contribution in [2.75, 3.05) is 33.4 Å². The molecule has 226 valence electrons. The molecule has 2 heterocycles. The van der Waals surface area contributed by atoms with Gasteiger partial charge in [-0.2, -0.15) is 0 Å². The van der Waals surface area contributed by atoms with E-state index in [0.29, 0.717) is 30.0 Å². The highest BCUT2D eigenvalue weighted by Gasteiger charge is 2.49. The molecule has 1 unspecified atom stereocenters. The van der Waals surface area contributed by atoms with Crippen LogP contribution in [-0.2, 0) is 29.7 Å². The lowest BCUT2D eigenvalue weighted by Crippen LogP contribution is -2.36. The second-order valence-corrected chi connectivity index (χ2v) is 13.1. The molecule has 10 nitrogen and oxygen atoms in total. The molecule has 2 aromatic carbocycles. The van der Waals surface area contributed by atoms with Crippen LogP contribution in [0.2, 0.25) is 0 Å². The Morgan fingerprint density at radius 3 is 2.38 bits per heavy atom. The number of rotatable bonds is 11. The standard InChI is InChI=1S/C31H40N3O7P/c1-6-31(7-2)20-40-42(38,41-21-31)29-23(4)32-22(3)27(28(29)25-14-11-15-26(18-25)34(36)37)30(35)39-17-16-33(5)19-24-12-9-8-10-13-24/h8-15,18,28,32H,6-7,16-17,19-21H2,1-5H3. The third-order valence-electron chi connectivity index (χ3n) is 8.24. The van der Waals surface area contributed by atoms with E-state index in [2.05, 4.69) is 5.32 Å². The van der Waals surface area contributed by atoms with E-state index >= 15 is 0 Å². The Morgan fingerprint density at radius 2 is 1.76 bits per heavy atom. The molecule has 2 aromatic rings. The van der Waals surface area contributed by atoms with Gasteiger partial charge in [-0.3, -0.25) is 19.6 Å². The Hall–Kier alpha value is -3.30. The molecule has 4 rings (SSSR count). The number of dihydropyridines is 1. The van der Waals surface area contributed by atoms with Crippen LogP contribution in [0.5, 0.6) is 0 Å². The average Bonchev–Trinajstić information content (AvgIpc) is 2.98. The number of nitrogens with one attached hydrogen (secondary N) is 1. The van der Waals surface area contributed by atoms with Crippen LogP contribution in [0.4, 0.5) is 5.69 Å². The molecule has 2 aliphatic heterocycles. The number of carbonyl (C=O) groups is 1. The van der Waals surface area contributed by atoms with Crippen LogP contribution in [0.1, 0.15) is 57.6 Å². The SMILES string of the molecule is CCC1(CC)COP(=O)(C2=C(C)NC(C)=C(C(=O)OCCN(C)Cc3ccccc3)C2c2cccc([N+](=O)[O-])c2)OC1. The number of esters is 1. The van der Waals surface area contributed by atoms with E-state index in [-0.39, 0.29) is 41.8 Å². The Kier molecular flexibility index (Phi) is 10.0. The van der Waals surface area contributed by atoms with E-state index in [1.807, 2.05) is 56.1 Å². The largest absolute Gasteiger partial charge is 0.461 e. The van der Waals surface area contributed by atoms with E-state index in [1.165, 1.54) is 12.1 Å². The monoisotopic (exact) mass is 597 g/mol. The molecule has 42 heavy (non-hydrogen) atoms. The number of nitrogens with zero attached hydrogens (tertiary/aromatic N) is 2. The van der Waals surface area contributed by atoms with Gasteiger partial charge in [0.15, 0.2) is 0 Å². The number of nitro benzene ring substituents is 1. The second kappa shape index (κ2) is 13.3. The molecule has 2 aliphatic rings. The minimum absolute atomic E-state index is 0.124. The summed E-state index contributed by atoms with van der Waals surface area (Å²) in [5.74, 6) is -1.53. The summed E-state index contributed by atoms with van der Waals surface area (Å²) in [6.07, 6.45) is 1.59. The van der Waals surface area contributed by atoms with Gasteiger partial charge in [-0.15, -0.1) is 0 Å². The molecule has 1 fully saturated rings. The maximum Gasteiger partial charge on any atom is 0.360 e. The zero-order valence-electron chi connectivity index (χ0n) is 24.9. The van der Waals surface area contributed by atoms with Crippen LogP contribution in [0.15, 0.2) is 76.9 Å². The van der Waals surface area contributed by atoms with E-state index in [9.17, 15) is 19.5 Å². The lowest BCUT2D eigenvalue weighted by Gasteiger charge is -2.42. The minimum atomic E-state index is -3.90. The minimum Gasteiger partial charge on any atom is -0.461 e. The average molecular weight is 598 g/mol. The zero-order chi connectivity index (χ0) is 30.5. The molecule has 1 atom stereocenters. The van der Waals surface area contributed by atoms with Gasteiger partial charge in [0.1, 0.15) is 6.61 Å². The number of non-ortho nitro benzene ring substituents is 1.